The number of ether oxygens (including phenoxy) is 1. The maximum atomic E-state index is 12.7. The van der Waals surface area contributed by atoms with E-state index in [1.165, 1.54) is 0 Å². The zero-order valence-electron chi connectivity index (χ0n) is 17.0. The molecule has 0 bridgehead atoms. The van der Waals surface area contributed by atoms with Crippen LogP contribution in [0.4, 0.5) is 5.69 Å². The molecule has 0 saturated carbocycles. The number of aryl methyl sites for hydroxylation is 1. The fraction of sp³-hybridized carbons (Fsp3) is 0.381. The zero-order valence-corrected chi connectivity index (χ0v) is 17.0. The molecule has 2 aromatic heterocycles. The molecule has 2 heterocycles. The number of benzene rings is 1. The van der Waals surface area contributed by atoms with Gasteiger partial charge in [-0.2, -0.15) is 0 Å². The molecular weight excluding hydrogens is 358 g/mol. The second-order valence-electron chi connectivity index (χ2n) is 7.75. The number of nitrogens with one attached hydrogen (secondary N) is 2. The number of nitrogens with zero attached hydrogens (tertiary/aromatic N) is 1. The van der Waals surface area contributed by atoms with E-state index < -0.39 is 5.97 Å². The number of anilines is 1. The minimum absolute atomic E-state index is 0.204. The zero-order chi connectivity index (χ0) is 20.6. The molecule has 3 rings (SSSR count). The lowest BCUT2D eigenvalue weighted by Crippen LogP contribution is -2.14. The quantitative estimate of drug-likeness (QED) is 0.647. The summed E-state index contributed by atoms with van der Waals surface area (Å²) in [6, 6.07) is 5.31. The average Bonchev–Trinajstić information content (AvgIpc) is 3.15. The van der Waals surface area contributed by atoms with Crippen molar-refractivity contribution >= 4 is 28.7 Å². The van der Waals surface area contributed by atoms with Gasteiger partial charge in [-0.25, -0.2) is 9.78 Å². The van der Waals surface area contributed by atoms with Crippen LogP contribution in [0.3, 0.4) is 0 Å². The Labute approximate surface area is 163 Å². The Balaban J connectivity index is 1.87. The minimum atomic E-state index is -0.438. The van der Waals surface area contributed by atoms with Crippen LogP contribution in [0.5, 0.6) is 0 Å². The van der Waals surface area contributed by atoms with Gasteiger partial charge in [-0.15, -0.1) is 0 Å². The fourth-order valence-electron chi connectivity index (χ4n) is 3.01. The summed E-state index contributed by atoms with van der Waals surface area (Å²) in [4.78, 5) is 32.4. The average molecular weight is 383 g/mol. The highest BCUT2D eigenvalue weighted by Crippen LogP contribution is 2.28. The summed E-state index contributed by atoms with van der Waals surface area (Å²) >= 11 is 0. The molecule has 7 heteroatoms. The van der Waals surface area contributed by atoms with Gasteiger partial charge in [0.2, 0.25) is 5.89 Å². The summed E-state index contributed by atoms with van der Waals surface area (Å²) < 4.78 is 10.9. The first-order valence-corrected chi connectivity index (χ1v) is 9.20. The van der Waals surface area contributed by atoms with Crippen molar-refractivity contribution in [1.29, 1.82) is 0 Å². The molecule has 28 heavy (non-hydrogen) atoms. The SMILES string of the molecule is CCOC(=O)c1c(C)[nH]c(C(=O)Nc2ccc3oc(C(C)(C)C)nc3c2)c1C. The lowest BCUT2D eigenvalue weighted by molar-refractivity contribution is 0.0525. The van der Waals surface area contributed by atoms with Crippen molar-refractivity contribution in [3.63, 3.8) is 0 Å². The van der Waals surface area contributed by atoms with Gasteiger partial charge in [-0.05, 0) is 44.5 Å². The summed E-state index contributed by atoms with van der Waals surface area (Å²) in [5.74, 6) is -0.137. The number of hydrogen-bond donors (Lipinski definition) is 2. The largest absolute Gasteiger partial charge is 0.462 e. The number of rotatable bonds is 4. The molecule has 1 aromatic carbocycles. The normalized spacial score (nSPS) is 11.6. The van der Waals surface area contributed by atoms with E-state index >= 15 is 0 Å². The standard InChI is InChI=1S/C21H25N3O4/c1-7-27-19(26)16-11(2)17(22-12(16)3)18(25)23-13-8-9-15-14(10-13)24-20(28-15)21(4,5)6/h8-10,22H,7H2,1-6H3,(H,23,25). The molecule has 0 aliphatic heterocycles. The van der Waals surface area contributed by atoms with Crippen LogP contribution in [0.2, 0.25) is 0 Å². The van der Waals surface area contributed by atoms with Gasteiger partial charge in [-0.3, -0.25) is 4.79 Å². The Hall–Kier alpha value is -3.09. The molecule has 0 atom stereocenters. The molecular formula is C21H25N3O4. The van der Waals surface area contributed by atoms with Crippen LogP contribution in [0.25, 0.3) is 11.1 Å². The highest BCUT2D eigenvalue weighted by Gasteiger charge is 2.24. The first-order valence-electron chi connectivity index (χ1n) is 9.20. The Bertz CT molecular complexity index is 1050. The van der Waals surface area contributed by atoms with Crippen LogP contribution in [0.15, 0.2) is 22.6 Å². The van der Waals surface area contributed by atoms with Crippen molar-refractivity contribution in [2.24, 2.45) is 0 Å². The number of hydrogen-bond acceptors (Lipinski definition) is 5. The van der Waals surface area contributed by atoms with Crippen molar-refractivity contribution in [2.75, 3.05) is 11.9 Å². The van der Waals surface area contributed by atoms with Gasteiger partial charge in [0.1, 0.15) is 11.2 Å². The summed E-state index contributed by atoms with van der Waals surface area (Å²) in [6.45, 7) is 11.6. The fourth-order valence-corrected chi connectivity index (χ4v) is 3.01. The van der Waals surface area contributed by atoms with Crippen LogP contribution < -0.4 is 5.32 Å². The Morgan fingerprint density at radius 1 is 1.25 bits per heavy atom. The Morgan fingerprint density at radius 3 is 2.61 bits per heavy atom. The first kappa shape index (κ1) is 19.7. The maximum Gasteiger partial charge on any atom is 0.340 e. The van der Waals surface area contributed by atoms with Gasteiger partial charge in [0, 0.05) is 16.8 Å². The molecule has 0 aliphatic carbocycles. The van der Waals surface area contributed by atoms with E-state index in [1.807, 2.05) is 20.8 Å². The van der Waals surface area contributed by atoms with Crippen LogP contribution in [0, 0.1) is 13.8 Å². The highest BCUT2D eigenvalue weighted by atomic mass is 16.5. The third-order valence-electron chi connectivity index (χ3n) is 4.43. The second-order valence-corrected chi connectivity index (χ2v) is 7.75. The first-order chi connectivity index (χ1) is 13.1. The Morgan fingerprint density at radius 2 is 1.96 bits per heavy atom. The predicted molar refractivity (Wildman–Crippen MR) is 107 cm³/mol. The van der Waals surface area contributed by atoms with E-state index in [0.717, 1.165) is 0 Å². The molecule has 0 fully saturated rings. The van der Waals surface area contributed by atoms with E-state index in [9.17, 15) is 9.59 Å². The molecule has 2 N–H and O–H groups in total. The molecule has 1 amide bonds. The molecule has 148 valence electrons. The number of aromatic nitrogens is 2. The van der Waals surface area contributed by atoms with Crippen molar-refractivity contribution < 1.29 is 18.7 Å². The van der Waals surface area contributed by atoms with Gasteiger partial charge in [0.05, 0.1) is 12.2 Å². The van der Waals surface area contributed by atoms with Crippen molar-refractivity contribution in [2.45, 2.75) is 47.0 Å². The van der Waals surface area contributed by atoms with Gasteiger partial charge in [0.25, 0.3) is 5.91 Å². The number of carbonyl (C=O) groups is 2. The minimum Gasteiger partial charge on any atom is -0.462 e. The molecule has 0 spiro atoms. The second kappa shape index (κ2) is 7.14. The topological polar surface area (TPSA) is 97.2 Å². The summed E-state index contributed by atoms with van der Waals surface area (Å²) in [7, 11) is 0. The lowest BCUT2D eigenvalue weighted by atomic mass is 9.97. The van der Waals surface area contributed by atoms with E-state index in [2.05, 4.69) is 15.3 Å². The van der Waals surface area contributed by atoms with Gasteiger partial charge >= 0.3 is 5.97 Å². The summed E-state index contributed by atoms with van der Waals surface area (Å²) in [6.07, 6.45) is 0. The number of fused-ring (bicyclic) bond motifs is 1. The van der Waals surface area contributed by atoms with E-state index in [0.29, 0.717) is 45.2 Å². The number of carbonyl (C=O) groups excluding carboxylic acids is 2. The number of aromatic amines is 1. The number of amides is 1. The van der Waals surface area contributed by atoms with Crippen LogP contribution in [0.1, 0.15) is 65.7 Å². The smallest absolute Gasteiger partial charge is 0.340 e. The number of H-pyrrole nitrogens is 1. The summed E-state index contributed by atoms with van der Waals surface area (Å²) in [5, 5.41) is 2.85. The molecule has 3 aromatic rings. The van der Waals surface area contributed by atoms with E-state index in [1.54, 1.807) is 39.0 Å². The Kier molecular flexibility index (Phi) is 5.02. The molecule has 0 unspecified atom stereocenters. The van der Waals surface area contributed by atoms with Crippen LogP contribution in [-0.4, -0.2) is 28.5 Å². The van der Waals surface area contributed by atoms with Gasteiger partial charge < -0.3 is 19.5 Å². The van der Waals surface area contributed by atoms with Gasteiger partial charge in [0.15, 0.2) is 5.58 Å². The van der Waals surface area contributed by atoms with E-state index in [4.69, 9.17) is 9.15 Å². The monoisotopic (exact) mass is 383 g/mol. The lowest BCUT2D eigenvalue weighted by Gasteiger charge is -2.11. The molecule has 0 aliphatic rings. The highest BCUT2D eigenvalue weighted by molar-refractivity contribution is 6.07. The predicted octanol–water partition coefficient (Wildman–Crippen LogP) is 4.50. The molecule has 7 nitrogen and oxygen atoms in total. The third kappa shape index (κ3) is 3.65. The number of oxazole rings is 1. The van der Waals surface area contributed by atoms with Crippen molar-refractivity contribution in [3.05, 3.63) is 46.6 Å². The van der Waals surface area contributed by atoms with Crippen LogP contribution >= 0.6 is 0 Å². The van der Waals surface area contributed by atoms with Crippen molar-refractivity contribution in [3.8, 4) is 0 Å². The molecule has 0 saturated heterocycles. The summed E-state index contributed by atoms with van der Waals surface area (Å²) in [5.41, 5.74) is 3.62. The molecule has 0 radical (unpaired) electrons. The van der Waals surface area contributed by atoms with Gasteiger partial charge in [-0.1, -0.05) is 20.8 Å². The van der Waals surface area contributed by atoms with Crippen molar-refractivity contribution in [1.82, 2.24) is 9.97 Å². The maximum absolute atomic E-state index is 12.7. The number of esters is 1. The third-order valence-corrected chi connectivity index (χ3v) is 4.43. The van der Waals surface area contributed by atoms with E-state index in [-0.39, 0.29) is 17.9 Å². The van der Waals surface area contributed by atoms with Crippen LogP contribution in [-0.2, 0) is 10.2 Å².